The zero-order valence-corrected chi connectivity index (χ0v) is 8.89. The maximum atomic E-state index is 5.38. The highest BCUT2D eigenvalue weighted by Gasteiger charge is 2.46. The van der Waals surface area contributed by atoms with E-state index in [0.717, 1.165) is 0 Å². The first kappa shape index (κ1) is 9.04. The summed E-state index contributed by atoms with van der Waals surface area (Å²) in [5, 5.41) is 4.19. The van der Waals surface area contributed by atoms with Crippen LogP contribution in [-0.2, 0) is 4.84 Å². The molecule has 2 nitrogen and oxygen atoms in total. The van der Waals surface area contributed by atoms with E-state index >= 15 is 0 Å². The van der Waals surface area contributed by atoms with E-state index in [9.17, 15) is 0 Å². The Hall–Kier alpha value is -0.530. The van der Waals surface area contributed by atoms with E-state index in [-0.39, 0.29) is 5.60 Å². The van der Waals surface area contributed by atoms with Gasteiger partial charge in [0.1, 0.15) is 5.60 Å². The van der Waals surface area contributed by atoms with Crippen LogP contribution in [0.5, 0.6) is 0 Å². The third-order valence-corrected chi connectivity index (χ3v) is 3.02. The summed E-state index contributed by atoms with van der Waals surface area (Å²) in [6.07, 6.45) is 6.66. The Kier molecular flexibility index (Phi) is 1.90. The molecule has 0 aliphatic heterocycles. The fraction of sp³-hybridized carbons (Fsp3) is 0.909. The van der Waals surface area contributed by atoms with Crippen molar-refractivity contribution >= 4 is 5.71 Å². The molecule has 0 unspecified atom stereocenters. The third kappa shape index (κ3) is 1.87. The zero-order chi connectivity index (χ0) is 9.53. The van der Waals surface area contributed by atoms with E-state index in [0.29, 0.717) is 5.41 Å². The molecule has 2 aliphatic rings. The standard InChI is InChI=1S/C11H19NO/c1-10(2,3)13-12-9-7-11(8-9)5-4-6-11/h4-8H2,1-3H3. The monoisotopic (exact) mass is 181 g/mol. The number of nitrogens with zero attached hydrogens (tertiary/aromatic N) is 1. The summed E-state index contributed by atoms with van der Waals surface area (Å²) in [5.41, 5.74) is 1.82. The van der Waals surface area contributed by atoms with Gasteiger partial charge in [-0.3, -0.25) is 0 Å². The molecule has 0 radical (unpaired) electrons. The molecule has 0 saturated heterocycles. The molecular formula is C11H19NO. The van der Waals surface area contributed by atoms with Crippen molar-refractivity contribution in [3.63, 3.8) is 0 Å². The summed E-state index contributed by atoms with van der Waals surface area (Å²) in [4.78, 5) is 5.38. The van der Waals surface area contributed by atoms with Gasteiger partial charge in [-0.2, -0.15) is 0 Å². The lowest BCUT2D eigenvalue weighted by molar-refractivity contribution is -0.00510. The van der Waals surface area contributed by atoms with Crippen molar-refractivity contribution < 1.29 is 4.84 Å². The Labute approximate surface area is 80.3 Å². The van der Waals surface area contributed by atoms with Crippen molar-refractivity contribution in [1.29, 1.82) is 0 Å². The highest BCUT2D eigenvalue weighted by atomic mass is 16.6. The molecule has 0 amide bonds. The van der Waals surface area contributed by atoms with Crippen molar-refractivity contribution in [3.05, 3.63) is 0 Å². The molecule has 0 bridgehead atoms. The lowest BCUT2D eigenvalue weighted by atomic mass is 9.55. The van der Waals surface area contributed by atoms with Gasteiger partial charge in [0, 0.05) is 0 Å². The quantitative estimate of drug-likeness (QED) is 0.569. The van der Waals surface area contributed by atoms with E-state index in [1.165, 1.54) is 37.8 Å². The molecule has 0 aromatic heterocycles. The molecule has 0 aromatic rings. The van der Waals surface area contributed by atoms with Crippen molar-refractivity contribution in [2.24, 2.45) is 10.6 Å². The highest BCUT2D eigenvalue weighted by Crippen LogP contribution is 2.54. The minimum Gasteiger partial charge on any atom is -0.390 e. The van der Waals surface area contributed by atoms with E-state index in [4.69, 9.17) is 4.84 Å². The van der Waals surface area contributed by atoms with Gasteiger partial charge in [-0.15, -0.1) is 0 Å². The van der Waals surface area contributed by atoms with E-state index in [2.05, 4.69) is 5.16 Å². The van der Waals surface area contributed by atoms with Gasteiger partial charge in [-0.1, -0.05) is 11.6 Å². The van der Waals surface area contributed by atoms with Gasteiger partial charge in [0.15, 0.2) is 0 Å². The SMILES string of the molecule is CC(C)(C)ON=C1CC2(CCC2)C1. The van der Waals surface area contributed by atoms with Crippen LogP contribution >= 0.6 is 0 Å². The first-order valence-corrected chi connectivity index (χ1v) is 5.23. The van der Waals surface area contributed by atoms with Crippen LogP contribution in [0.15, 0.2) is 5.16 Å². The van der Waals surface area contributed by atoms with Crippen LogP contribution in [0.3, 0.4) is 0 Å². The largest absolute Gasteiger partial charge is 0.390 e. The van der Waals surface area contributed by atoms with Crippen LogP contribution in [0.4, 0.5) is 0 Å². The summed E-state index contributed by atoms with van der Waals surface area (Å²) in [5.74, 6) is 0. The molecule has 74 valence electrons. The molecular weight excluding hydrogens is 162 g/mol. The molecule has 1 spiro atoms. The minimum atomic E-state index is -0.130. The second kappa shape index (κ2) is 2.73. The fourth-order valence-electron chi connectivity index (χ4n) is 2.11. The Bertz CT molecular complexity index is 223. The maximum Gasteiger partial charge on any atom is 0.129 e. The normalized spacial score (nSPS) is 25.0. The Morgan fingerprint density at radius 3 is 2.23 bits per heavy atom. The first-order chi connectivity index (χ1) is 5.99. The van der Waals surface area contributed by atoms with Crippen LogP contribution in [0.2, 0.25) is 0 Å². The van der Waals surface area contributed by atoms with Crippen molar-refractivity contribution in [1.82, 2.24) is 0 Å². The lowest BCUT2D eigenvalue weighted by Crippen LogP contribution is -2.43. The number of hydrogen-bond acceptors (Lipinski definition) is 2. The van der Waals surface area contributed by atoms with E-state index < -0.39 is 0 Å². The van der Waals surface area contributed by atoms with E-state index in [1.54, 1.807) is 0 Å². The average molecular weight is 181 g/mol. The lowest BCUT2D eigenvalue weighted by Gasteiger charge is -2.49. The minimum absolute atomic E-state index is 0.130. The maximum absolute atomic E-state index is 5.38. The molecule has 0 aromatic carbocycles. The molecule has 13 heavy (non-hydrogen) atoms. The summed E-state index contributed by atoms with van der Waals surface area (Å²) in [6.45, 7) is 6.11. The Balaban J connectivity index is 1.79. The van der Waals surface area contributed by atoms with Gasteiger partial charge in [-0.05, 0) is 51.9 Å². The molecule has 2 fully saturated rings. The molecule has 2 rings (SSSR count). The second-order valence-electron chi connectivity index (χ2n) is 5.57. The Morgan fingerprint density at radius 2 is 1.85 bits per heavy atom. The van der Waals surface area contributed by atoms with Gasteiger partial charge in [0.05, 0.1) is 5.71 Å². The predicted molar refractivity (Wildman–Crippen MR) is 53.8 cm³/mol. The molecule has 0 atom stereocenters. The third-order valence-electron chi connectivity index (χ3n) is 3.02. The summed E-state index contributed by atoms with van der Waals surface area (Å²) < 4.78 is 0. The number of hydrogen-bond donors (Lipinski definition) is 0. The van der Waals surface area contributed by atoms with E-state index in [1.807, 2.05) is 20.8 Å². The summed E-state index contributed by atoms with van der Waals surface area (Å²) in [7, 11) is 0. The van der Waals surface area contributed by atoms with Crippen molar-refractivity contribution in [2.75, 3.05) is 0 Å². The highest BCUT2D eigenvalue weighted by molar-refractivity contribution is 5.91. The first-order valence-electron chi connectivity index (χ1n) is 5.23. The van der Waals surface area contributed by atoms with Crippen molar-refractivity contribution in [3.8, 4) is 0 Å². The van der Waals surface area contributed by atoms with Gasteiger partial charge in [-0.25, -0.2) is 0 Å². The van der Waals surface area contributed by atoms with Crippen LogP contribution in [-0.4, -0.2) is 11.3 Å². The molecule has 0 heterocycles. The number of rotatable bonds is 1. The smallest absolute Gasteiger partial charge is 0.129 e. The number of oxime groups is 1. The van der Waals surface area contributed by atoms with Gasteiger partial charge < -0.3 is 4.84 Å². The summed E-state index contributed by atoms with van der Waals surface area (Å²) in [6, 6.07) is 0. The average Bonchev–Trinajstić information content (AvgIpc) is 1.77. The van der Waals surface area contributed by atoms with Crippen LogP contribution in [0, 0.1) is 5.41 Å². The predicted octanol–water partition coefficient (Wildman–Crippen LogP) is 3.12. The fourth-order valence-corrected chi connectivity index (χ4v) is 2.11. The second-order valence-corrected chi connectivity index (χ2v) is 5.57. The van der Waals surface area contributed by atoms with Crippen LogP contribution in [0.1, 0.15) is 52.9 Å². The zero-order valence-electron chi connectivity index (χ0n) is 8.89. The molecule has 2 saturated carbocycles. The van der Waals surface area contributed by atoms with Gasteiger partial charge in [0.25, 0.3) is 0 Å². The topological polar surface area (TPSA) is 21.6 Å². The molecule has 2 aliphatic carbocycles. The van der Waals surface area contributed by atoms with Gasteiger partial charge >= 0.3 is 0 Å². The van der Waals surface area contributed by atoms with Crippen LogP contribution < -0.4 is 0 Å². The molecule has 0 N–H and O–H groups in total. The Morgan fingerprint density at radius 1 is 1.23 bits per heavy atom. The van der Waals surface area contributed by atoms with Crippen molar-refractivity contribution in [2.45, 2.75) is 58.5 Å². The molecule has 2 heteroatoms. The summed E-state index contributed by atoms with van der Waals surface area (Å²) >= 11 is 0. The van der Waals surface area contributed by atoms with Gasteiger partial charge in [0.2, 0.25) is 0 Å². The van der Waals surface area contributed by atoms with Crippen LogP contribution in [0.25, 0.3) is 0 Å².